The lowest BCUT2D eigenvalue weighted by molar-refractivity contribution is 0.373. The normalized spacial score (nSPS) is 12.8. The van der Waals surface area contributed by atoms with Gasteiger partial charge in [-0.25, -0.2) is 0 Å². The molecule has 0 heterocycles. The molecule has 0 amide bonds. The molecule has 0 fully saturated rings. The fourth-order valence-corrected chi connectivity index (χ4v) is 2.95. The van der Waals surface area contributed by atoms with Gasteiger partial charge in [0.05, 0.1) is 5.69 Å². The molecule has 4 heteroatoms. The predicted molar refractivity (Wildman–Crippen MR) is 84.6 cm³/mol. The first-order valence-electron chi connectivity index (χ1n) is 5.92. The van der Waals surface area contributed by atoms with Crippen molar-refractivity contribution in [3.63, 3.8) is 0 Å². The zero-order valence-electron chi connectivity index (χ0n) is 11.1. The standard InChI is InChI=1S/C13H22IN3/c1-5-17(10(2)9-16(3)4)13-7-6-11(15)8-12(13)14/h6-8,10H,5,9,15H2,1-4H3. The van der Waals surface area contributed by atoms with Crippen molar-refractivity contribution in [2.24, 2.45) is 0 Å². The molecule has 0 aliphatic heterocycles. The highest BCUT2D eigenvalue weighted by atomic mass is 127. The molecule has 2 N–H and O–H groups in total. The minimum Gasteiger partial charge on any atom is -0.399 e. The maximum absolute atomic E-state index is 5.79. The number of nitrogens with two attached hydrogens (primary N) is 1. The van der Waals surface area contributed by atoms with E-state index in [2.05, 4.69) is 66.4 Å². The zero-order valence-corrected chi connectivity index (χ0v) is 13.2. The monoisotopic (exact) mass is 347 g/mol. The molecule has 17 heavy (non-hydrogen) atoms. The molecule has 0 spiro atoms. The Morgan fingerprint density at radius 3 is 2.47 bits per heavy atom. The number of hydrogen-bond acceptors (Lipinski definition) is 3. The fraction of sp³-hybridized carbons (Fsp3) is 0.538. The molecular weight excluding hydrogens is 325 g/mol. The number of nitrogen functional groups attached to an aromatic ring is 1. The summed E-state index contributed by atoms with van der Waals surface area (Å²) in [5, 5.41) is 0. The van der Waals surface area contributed by atoms with E-state index in [-0.39, 0.29) is 0 Å². The molecule has 0 aromatic heterocycles. The molecular formula is C13H22IN3. The SMILES string of the molecule is CCN(c1ccc(N)cc1I)C(C)CN(C)C. The van der Waals surface area contributed by atoms with Crippen molar-refractivity contribution in [2.75, 3.05) is 37.8 Å². The van der Waals surface area contributed by atoms with Crippen LogP contribution in [0.4, 0.5) is 11.4 Å². The van der Waals surface area contributed by atoms with Crippen LogP contribution < -0.4 is 10.6 Å². The lowest BCUT2D eigenvalue weighted by Crippen LogP contribution is -2.40. The Hall–Kier alpha value is -0.490. The topological polar surface area (TPSA) is 32.5 Å². The van der Waals surface area contributed by atoms with Gasteiger partial charge in [0, 0.05) is 28.4 Å². The van der Waals surface area contributed by atoms with E-state index >= 15 is 0 Å². The van der Waals surface area contributed by atoms with Gasteiger partial charge in [0.25, 0.3) is 0 Å². The van der Waals surface area contributed by atoms with Gasteiger partial charge < -0.3 is 15.5 Å². The lowest BCUT2D eigenvalue weighted by atomic mass is 10.2. The molecule has 1 rings (SSSR count). The van der Waals surface area contributed by atoms with Gasteiger partial charge in [-0.05, 0) is 68.7 Å². The molecule has 0 bridgehead atoms. The maximum Gasteiger partial charge on any atom is 0.0506 e. The summed E-state index contributed by atoms with van der Waals surface area (Å²) in [6.45, 7) is 6.51. The third kappa shape index (κ3) is 4.03. The Morgan fingerprint density at radius 2 is 2.00 bits per heavy atom. The maximum atomic E-state index is 5.79. The Bertz CT molecular complexity index is 366. The van der Waals surface area contributed by atoms with Crippen molar-refractivity contribution in [3.05, 3.63) is 21.8 Å². The minimum atomic E-state index is 0.493. The molecule has 0 radical (unpaired) electrons. The van der Waals surface area contributed by atoms with Crippen molar-refractivity contribution in [2.45, 2.75) is 19.9 Å². The molecule has 3 nitrogen and oxygen atoms in total. The number of nitrogens with zero attached hydrogens (tertiary/aromatic N) is 2. The number of hydrogen-bond donors (Lipinski definition) is 1. The van der Waals surface area contributed by atoms with Crippen molar-refractivity contribution in [1.82, 2.24) is 4.90 Å². The van der Waals surface area contributed by atoms with E-state index in [0.717, 1.165) is 18.8 Å². The number of benzene rings is 1. The Kier molecular flexibility index (Phi) is 5.52. The highest BCUT2D eigenvalue weighted by molar-refractivity contribution is 14.1. The zero-order chi connectivity index (χ0) is 13.0. The molecule has 1 aromatic rings. The fourth-order valence-electron chi connectivity index (χ4n) is 2.10. The van der Waals surface area contributed by atoms with Crippen LogP contribution in [0.5, 0.6) is 0 Å². The number of anilines is 2. The third-order valence-corrected chi connectivity index (χ3v) is 3.65. The van der Waals surface area contributed by atoms with Crippen LogP contribution in [0.1, 0.15) is 13.8 Å². The predicted octanol–water partition coefficient (Wildman–Crippen LogP) is 2.65. The Labute approximate surface area is 118 Å². The molecule has 1 unspecified atom stereocenters. The van der Waals surface area contributed by atoms with E-state index in [0.29, 0.717) is 6.04 Å². The van der Waals surface area contributed by atoms with Gasteiger partial charge in [-0.3, -0.25) is 0 Å². The minimum absolute atomic E-state index is 0.493. The summed E-state index contributed by atoms with van der Waals surface area (Å²) in [6.07, 6.45) is 0. The first kappa shape index (κ1) is 14.6. The quantitative estimate of drug-likeness (QED) is 0.657. The number of halogens is 1. The molecule has 0 saturated carbocycles. The Morgan fingerprint density at radius 1 is 1.35 bits per heavy atom. The van der Waals surface area contributed by atoms with E-state index in [1.807, 2.05) is 12.1 Å². The van der Waals surface area contributed by atoms with Crippen molar-refractivity contribution in [3.8, 4) is 0 Å². The largest absolute Gasteiger partial charge is 0.399 e. The van der Waals surface area contributed by atoms with Gasteiger partial charge in [0.1, 0.15) is 0 Å². The second-order valence-corrected chi connectivity index (χ2v) is 5.77. The van der Waals surface area contributed by atoms with Crippen LogP contribution in [0.2, 0.25) is 0 Å². The van der Waals surface area contributed by atoms with Crippen LogP contribution in [-0.4, -0.2) is 38.1 Å². The van der Waals surface area contributed by atoms with Crippen LogP contribution >= 0.6 is 22.6 Å². The van der Waals surface area contributed by atoms with Gasteiger partial charge in [-0.2, -0.15) is 0 Å². The number of likely N-dealkylation sites (N-methyl/N-ethyl adjacent to an activating group) is 2. The third-order valence-electron chi connectivity index (χ3n) is 2.78. The van der Waals surface area contributed by atoms with Crippen LogP contribution in [0.15, 0.2) is 18.2 Å². The summed E-state index contributed by atoms with van der Waals surface area (Å²) in [4.78, 5) is 4.64. The summed E-state index contributed by atoms with van der Waals surface area (Å²) < 4.78 is 1.22. The van der Waals surface area contributed by atoms with E-state index in [1.54, 1.807) is 0 Å². The van der Waals surface area contributed by atoms with E-state index < -0.39 is 0 Å². The molecule has 1 atom stereocenters. The second kappa shape index (κ2) is 6.44. The highest BCUT2D eigenvalue weighted by Gasteiger charge is 2.15. The molecule has 1 aromatic carbocycles. The van der Waals surface area contributed by atoms with Gasteiger partial charge in [0.15, 0.2) is 0 Å². The molecule has 0 aliphatic carbocycles. The first-order chi connectivity index (χ1) is 7.95. The van der Waals surface area contributed by atoms with Gasteiger partial charge in [0.2, 0.25) is 0 Å². The van der Waals surface area contributed by atoms with Crippen molar-refractivity contribution in [1.29, 1.82) is 0 Å². The Balaban J connectivity index is 2.93. The van der Waals surface area contributed by atoms with E-state index in [1.165, 1.54) is 9.26 Å². The van der Waals surface area contributed by atoms with E-state index in [9.17, 15) is 0 Å². The van der Waals surface area contributed by atoms with Crippen molar-refractivity contribution < 1.29 is 0 Å². The van der Waals surface area contributed by atoms with Crippen LogP contribution in [0.25, 0.3) is 0 Å². The van der Waals surface area contributed by atoms with Crippen molar-refractivity contribution >= 4 is 34.0 Å². The average molecular weight is 347 g/mol. The summed E-state index contributed by atoms with van der Waals surface area (Å²) in [5.41, 5.74) is 7.90. The van der Waals surface area contributed by atoms with Gasteiger partial charge >= 0.3 is 0 Å². The highest BCUT2D eigenvalue weighted by Crippen LogP contribution is 2.26. The first-order valence-corrected chi connectivity index (χ1v) is 7.00. The smallest absolute Gasteiger partial charge is 0.0506 e. The van der Waals surface area contributed by atoms with Gasteiger partial charge in [-0.15, -0.1) is 0 Å². The summed E-state index contributed by atoms with van der Waals surface area (Å²) in [6, 6.07) is 6.61. The molecule has 0 aliphatic rings. The summed E-state index contributed by atoms with van der Waals surface area (Å²) in [7, 11) is 4.22. The van der Waals surface area contributed by atoms with E-state index in [4.69, 9.17) is 5.73 Å². The second-order valence-electron chi connectivity index (χ2n) is 4.61. The van der Waals surface area contributed by atoms with Crippen LogP contribution in [-0.2, 0) is 0 Å². The summed E-state index contributed by atoms with van der Waals surface area (Å²) in [5.74, 6) is 0. The molecule has 96 valence electrons. The van der Waals surface area contributed by atoms with Crippen LogP contribution in [0.3, 0.4) is 0 Å². The van der Waals surface area contributed by atoms with Gasteiger partial charge in [-0.1, -0.05) is 0 Å². The van der Waals surface area contributed by atoms with Crippen LogP contribution in [0, 0.1) is 3.57 Å². The molecule has 0 saturated heterocycles. The summed E-state index contributed by atoms with van der Waals surface area (Å²) >= 11 is 2.36. The lowest BCUT2D eigenvalue weighted by Gasteiger charge is -2.33. The number of rotatable bonds is 5. The average Bonchev–Trinajstić information content (AvgIpc) is 2.21.